The molecule has 0 saturated carbocycles. The zero-order valence-corrected chi connectivity index (χ0v) is 14.6. The number of hydrogen-bond donors (Lipinski definition) is 1. The number of benzene rings is 2. The minimum atomic E-state index is -1.07. The second-order valence-electron chi connectivity index (χ2n) is 6.15. The van der Waals surface area contributed by atoms with Gasteiger partial charge >= 0.3 is 5.97 Å². The first-order valence-corrected chi connectivity index (χ1v) is 8.48. The summed E-state index contributed by atoms with van der Waals surface area (Å²) in [5.74, 6) is -1.20. The van der Waals surface area contributed by atoms with E-state index in [1.54, 1.807) is 41.3 Å². The van der Waals surface area contributed by atoms with Gasteiger partial charge in [-0.25, -0.2) is 4.79 Å². The number of morpholine rings is 1. The molecule has 1 atom stereocenters. The van der Waals surface area contributed by atoms with Crippen molar-refractivity contribution in [2.75, 3.05) is 26.3 Å². The molecule has 136 valence electrons. The van der Waals surface area contributed by atoms with Gasteiger partial charge in [0.25, 0.3) is 5.91 Å². The number of amides is 1. The predicted octanol–water partition coefficient (Wildman–Crippen LogP) is 2.46. The van der Waals surface area contributed by atoms with Gasteiger partial charge in [0.15, 0.2) is 0 Å². The number of nitrogens with zero attached hydrogens (tertiary/aromatic N) is 1. The number of aromatic hydroxyl groups is 1. The average Bonchev–Trinajstić information content (AvgIpc) is 2.68. The van der Waals surface area contributed by atoms with Crippen molar-refractivity contribution >= 4 is 11.9 Å². The summed E-state index contributed by atoms with van der Waals surface area (Å²) < 4.78 is 10.8. The van der Waals surface area contributed by atoms with E-state index >= 15 is 0 Å². The average molecular weight is 355 g/mol. The predicted molar refractivity (Wildman–Crippen MR) is 94.8 cm³/mol. The maximum Gasteiger partial charge on any atom is 0.343 e. The van der Waals surface area contributed by atoms with Gasteiger partial charge in [0, 0.05) is 18.7 Å². The van der Waals surface area contributed by atoms with Crippen molar-refractivity contribution < 1.29 is 24.2 Å². The van der Waals surface area contributed by atoms with Crippen LogP contribution < -0.4 is 0 Å². The van der Waals surface area contributed by atoms with Gasteiger partial charge in [-0.15, -0.1) is 0 Å². The number of phenols is 1. The van der Waals surface area contributed by atoms with Crippen molar-refractivity contribution in [3.8, 4) is 5.75 Å². The number of phenolic OH excluding ortho intramolecular Hbond substituents is 1. The van der Waals surface area contributed by atoms with Gasteiger partial charge in [-0.1, -0.05) is 42.0 Å². The van der Waals surface area contributed by atoms with Crippen LogP contribution in [0, 0.1) is 6.92 Å². The van der Waals surface area contributed by atoms with Crippen LogP contribution in [0.3, 0.4) is 0 Å². The van der Waals surface area contributed by atoms with Crippen LogP contribution in [0.5, 0.6) is 5.75 Å². The van der Waals surface area contributed by atoms with Crippen LogP contribution in [0.25, 0.3) is 0 Å². The molecule has 2 aromatic carbocycles. The van der Waals surface area contributed by atoms with E-state index in [1.165, 1.54) is 6.07 Å². The number of carbonyl (C=O) groups excluding carboxylic acids is 2. The molecule has 1 fully saturated rings. The fourth-order valence-corrected chi connectivity index (χ4v) is 2.82. The third-order valence-corrected chi connectivity index (χ3v) is 4.25. The molecule has 1 saturated heterocycles. The lowest BCUT2D eigenvalue weighted by Gasteiger charge is -2.30. The summed E-state index contributed by atoms with van der Waals surface area (Å²) in [6.45, 7) is 3.63. The molecule has 6 heteroatoms. The number of rotatable bonds is 4. The Hall–Kier alpha value is -2.86. The normalized spacial score (nSPS) is 15.3. The molecule has 2 aromatic rings. The van der Waals surface area contributed by atoms with E-state index in [2.05, 4.69) is 0 Å². The maximum atomic E-state index is 12.9. The highest BCUT2D eigenvalue weighted by molar-refractivity contribution is 5.95. The molecule has 1 aliphatic rings. The Morgan fingerprint density at radius 3 is 2.50 bits per heavy atom. The second kappa shape index (κ2) is 8.01. The van der Waals surface area contributed by atoms with Gasteiger partial charge in [0.1, 0.15) is 11.3 Å². The Labute approximate surface area is 152 Å². The van der Waals surface area contributed by atoms with Crippen molar-refractivity contribution in [2.24, 2.45) is 0 Å². The van der Waals surface area contributed by atoms with Gasteiger partial charge in [0.2, 0.25) is 6.10 Å². The smallest absolute Gasteiger partial charge is 0.343 e. The summed E-state index contributed by atoms with van der Waals surface area (Å²) in [6.07, 6.45) is -1.07. The van der Waals surface area contributed by atoms with Crippen LogP contribution in [0.1, 0.15) is 27.6 Å². The lowest BCUT2D eigenvalue weighted by Crippen LogP contribution is -2.44. The Balaban J connectivity index is 1.87. The van der Waals surface area contributed by atoms with Crippen molar-refractivity contribution in [1.29, 1.82) is 0 Å². The number of ether oxygens (including phenoxy) is 2. The van der Waals surface area contributed by atoms with Gasteiger partial charge in [-0.3, -0.25) is 4.79 Å². The van der Waals surface area contributed by atoms with E-state index in [1.807, 2.05) is 13.0 Å². The third-order valence-electron chi connectivity index (χ3n) is 4.25. The van der Waals surface area contributed by atoms with Crippen LogP contribution in [0.2, 0.25) is 0 Å². The SMILES string of the molecule is Cc1ccc(O)c(C(=O)O[C@H](C(=O)N2CCOCC2)c2ccccc2)c1. The molecule has 1 aliphatic heterocycles. The van der Waals surface area contributed by atoms with Crippen molar-refractivity contribution in [1.82, 2.24) is 4.90 Å². The largest absolute Gasteiger partial charge is 0.507 e. The number of hydrogen-bond acceptors (Lipinski definition) is 5. The highest BCUT2D eigenvalue weighted by Gasteiger charge is 2.31. The van der Waals surface area contributed by atoms with Crippen molar-refractivity contribution in [2.45, 2.75) is 13.0 Å². The minimum Gasteiger partial charge on any atom is -0.507 e. The fourth-order valence-electron chi connectivity index (χ4n) is 2.82. The Kier molecular flexibility index (Phi) is 5.53. The molecule has 0 bridgehead atoms. The number of aryl methyl sites for hydroxylation is 1. The van der Waals surface area contributed by atoms with E-state index in [0.29, 0.717) is 31.9 Å². The standard InChI is InChI=1S/C20H21NO5/c1-14-7-8-17(22)16(13-14)20(24)26-18(15-5-3-2-4-6-15)19(23)21-9-11-25-12-10-21/h2-8,13,18,22H,9-12H2,1H3/t18-/m0/s1. The van der Waals surface area contributed by atoms with Gasteiger partial charge < -0.3 is 19.5 Å². The lowest BCUT2D eigenvalue weighted by atomic mass is 10.1. The molecule has 0 spiro atoms. The first-order chi connectivity index (χ1) is 12.6. The molecule has 1 N–H and O–H groups in total. The summed E-state index contributed by atoms with van der Waals surface area (Å²) in [5.41, 5.74) is 1.44. The molecule has 26 heavy (non-hydrogen) atoms. The van der Waals surface area contributed by atoms with E-state index in [4.69, 9.17) is 9.47 Å². The van der Waals surface area contributed by atoms with Gasteiger partial charge in [0.05, 0.1) is 13.2 Å². The zero-order valence-electron chi connectivity index (χ0n) is 14.6. The second-order valence-corrected chi connectivity index (χ2v) is 6.15. The van der Waals surface area contributed by atoms with E-state index < -0.39 is 12.1 Å². The summed E-state index contributed by atoms with van der Waals surface area (Å²) in [5, 5.41) is 9.96. The maximum absolute atomic E-state index is 12.9. The number of carbonyl (C=O) groups is 2. The number of esters is 1. The lowest BCUT2D eigenvalue weighted by molar-refractivity contribution is -0.145. The summed E-state index contributed by atoms with van der Waals surface area (Å²) in [6, 6.07) is 13.6. The molecule has 0 aliphatic carbocycles. The topological polar surface area (TPSA) is 76.1 Å². The Morgan fingerprint density at radius 1 is 1.12 bits per heavy atom. The van der Waals surface area contributed by atoms with Crippen molar-refractivity contribution in [3.05, 3.63) is 65.2 Å². The van der Waals surface area contributed by atoms with E-state index in [0.717, 1.165) is 5.56 Å². The summed E-state index contributed by atoms with van der Waals surface area (Å²) in [4.78, 5) is 27.2. The fraction of sp³-hybridized carbons (Fsp3) is 0.300. The molecule has 6 nitrogen and oxygen atoms in total. The van der Waals surface area contributed by atoms with E-state index in [-0.39, 0.29) is 17.2 Å². The first kappa shape index (κ1) is 17.9. The quantitative estimate of drug-likeness (QED) is 0.853. The highest BCUT2D eigenvalue weighted by Crippen LogP contribution is 2.26. The molecule has 1 amide bonds. The first-order valence-electron chi connectivity index (χ1n) is 8.48. The highest BCUT2D eigenvalue weighted by atomic mass is 16.5. The van der Waals surface area contributed by atoms with Crippen LogP contribution in [0.4, 0.5) is 0 Å². The minimum absolute atomic E-state index is 0.0423. The van der Waals surface area contributed by atoms with Crippen LogP contribution in [-0.2, 0) is 14.3 Å². The van der Waals surface area contributed by atoms with Crippen LogP contribution in [-0.4, -0.2) is 48.2 Å². The van der Waals surface area contributed by atoms with Crippen LogP contribution >= 0.6 is 0 Å². The van der Waals surface area contributed by atoms with Crippen molar-refractivity contribution in [3.63, 3.8) is 0 Å². The van der Waals surface area contributed by atoms with E-state index in [9.17, 15) is 14.7 Å². The monoisotopic (exact) mass is 355 g/mol. The molecule has 3 rings (SSSR count). The Bertz CT molecular complexity index is 784. The molecular formula is C20H21NO5. The Morgan fingerprint density at radius 2 is 1.81 bits per heavy atom. The molecule has 0 unspecified atom stereocenters. The molecular weight excluding hydrogens is 334 g/mol. The van der Waals surface area contributed by atoms with Gasteiger partial charge in [-0.2, -0.15) is 0 Å². The zero-order chi connectivity index (χ0) is 18.5. The van der Waals surface area contributed by atoms with Gasteiger partial charge in [-0.05, 0) is 19.1 Å². The summed E-state index contributed by atoms with van der Waals surface area (Å²) >= 11 is 0. The molecule has 0 aromatic heterocycles. The van der Waals surface area contributed by atoms with Crippen LogP contribution in [0.15, 0.2) is 48.5 Å². The molecule has 1 heterocycles. The third kappa shape index (κ3) is 4.03. The molecule has 0 radical (unpaired) electrons. The summed E-state index contributed by atoms with van der Waals surface area (Å²) in [7, 11) is 0.